The summed E-state index contributed by atoms with van der Waals surface area (Å²) in [6.45, 7) is 3.40. The fourth-order valence-electron chi connectivity index (χ4n) is 4.48. The molecule has 0 N–H and O–H groups in total. The standard InChI is InChI=1S/C36H36N2O5/c1-2-3-4-5-6-10-25-40-31-21-17-30(18-22-31)36(39)42-33-23-15-29(16-24-33)35-38-37-34(43-35)28-13-19-32(20-14-28)41-26-27-11-8-7-9-12-27/h7-9,11-24H,2-6,10,25-26H2,1H3. The Kier molecular flexibility index (Phi) is 10.6. The van der Waals surface area contributed by atoms with Crippen LogP contribution in [0, 0.1) is 0 Å². The minimum atomic E-state index is -0.438. The Morgan fingerprint density at radius 2 is 1.19 bits per heavy atom. The third-order valence-electron chi connectivity index (χ3n) is 6.94. The van der Waals surface area contributed by atoms with Crippen molar-refractivity contribution in [2.45, 2.75) is 52.1 Å². The summed E-state index contributed by atoms with van der Waals surface area (Å²) >= 11 is 0. The highest BCUT2D eigenvalue weighted by molar-refractivity contribution is 5.91. The molecule has 1 aromatic heterocycles. The number of carbonyl (C=O) groups excluding carboxylic acids is 1. The second-order valence-electron chi connectivity index (χ2n) is 10.3. The van der Waals surface area contributed by atoms with Crippen LogP contribution >= 0.6 is 0 Å². The maximum absolute atomic E-state index is 12.7. The van der Waals surface area contributed by atoms with E-state index in [1.165, 1.54) is 32.1 Å². The average molecular weight is 577 g/mol. The van der Waals surface area contributed by atoms with Crippen molar-refractivity contribution in [1.29, 1.82) is 0 Å². The smallest absolute Gasteiger partial charge is 0.343 e. The molecule has 5 aromatic rings. The van der Waals surface area contributed by atoms with Crippen LogP contribution < -0.4 is 14.2 Å². The largest absolute Gasteiger partial charge is 0.494 e. The number of unbranched alkanes of at least 4 members (excludes halogenated alkanes) is 5. The maximum Gasteiger partial charge on any atom is 0.343 e. The molecule has 4 aromatic carbocycles. The summed E-state index contributed by atoms with van der Waals surface area (Å²) in [5.41, 5.74) is 3.06. The molecule has 0 aliphatic rings. The van der Waals surface area contributed by atoms with Gasteiger partial charge in [0, 0.05) is 11.1 Å². The number of nitrogens with zero attached hydrogens (tertiary/aromatic N) is 2. The van der Waals surface area contributed by atoms with Crippen LogP contribution in [0.25, 0.3) is 22.9 Å². The van der Waals surface area contributed by atoms with Crippen molar-refractivity contribution < 1.29 is 23.4 Å². The third kappa shape index (κ3) is 8.79. The molecule has 220 valence electrons. The van der Waals surface area contributed by atoms with Gasteiger partial charge in [0.2, 0.25) is 11.8 Å². The molecule has 0 saturated carbocycles. The minimum absolute atomic E-state index is 0.369. The van der Waals surface area contributed by atoms with Gasteiger partial charge in [0.1, 0.15) is 23.9 Å². The molecule has 0 amide bonds. The molecule has 0 fully saturated rings. The van der Waals surface area contributed by atoms with Gasteiger partial charge >= 0.3 is 5.97 Å². The van der Waals surface area contributed by atoms with Crippen LogP contribution in [-0.4, -0.2) is 22.8 Å². The molecular formula is C36H36N2O5. The monoisotopic (exact) mass is 576 g/mol. The van der Waals surface area contributed by atoms with Gasteiger partial charge in [0.05, 0.1) is 12.2 Å². The number of esters is 1. The average Bonchev–Trinajstić information content (AvgIpc) is 3.55. The highest BCUT2D eigenvalue weighted by atomic mass is 16.5. The molecule has 0 spiro atoms. The fraction of sp³-hybridized carbons (Fsp3) is 0.250. The van der Waals surface area contributed by atoms with E-state index in [2.05, 4.69) is 17.1 Å². The van der Waals surface area contributed by atoms with Crippen LogP contribution in [0.15, 0.2) is 108 Å². The summed E-state index contributed by atoms with van der Waals surface area (Å²) in [4.78, 5) is 12.7. The molecule has 0 atom stereocenters. The van der Waals surface area contributed by atoms with Gasteiger partial charge in [-0.2, -0.15) is 0 Å². The lowest BCUT2D eigenvalue weighted by molar-refractivity contribution is 0.0734. The van der Waals surface area contributed by atoms with Gasteiger partial charge in [-0.05, 0) is 84.8 Å². The van der Waals surface area contributed by atoms with Crippen LogP contribution in [0.2, 0.25) is 0 Å². The van der Waals surface area contributed by atoms with Crippen LogP contribution in [0.1, 0.15) is 61.4 Å². The SMILES string of the molecule is CCCCCCCCOc1ccc(C(=O)Oc2ccc(-c3nnc(-c4ccc(OCc5ccccc5)cc4)o3)cc2)cc1. The first kappa shape index (κ1) is 29.6. The Labute approximate surface area is 252 Å². The highest BCUT2D eigenvalue weighted by Crippen LogP contribution is 2.27. The molecular weight excluding hydrogens is 540 g/mol. The Morgan fingerprint density at radius 3 is 1.84 bits per heavy atom. The Hall–Kier alpha value is -4.91. The van der Waals surface area contributed by atoms with Crippen LogP contribution in [0.4, 0.5) is 0 Å². The quantitative estimate of drug-likeness (QED) is 0.0699. The predicted molar refractivity (Wildman–Crippen MR) is 166 cm³/mol. The van der Waals surface area contributed by atoms with Crippen molar-refractivity contribution in [2.75, 3.05) is 6.61 Å². The van der Waals surface area contributed by atoms with Gasteiger partial charge in [-0.1, -0.05) is 69.4 Å². The number of aromatic nitrogens is 2. The van der Waals surface area contributed by atoms with E-state index in [0.29, 0.717) is 41.9 Å². The third-order valence-corrected chi connectivity index (χ3v) is 6.94. The van der Waals surface area contributed by atoms with Crippen molar-refractivity contribution in [2.24, 2.45) is 0 Å². The highest BCUT2D eigenvalue weighted by Gasteiger charge is 2.13. The molecule has 7 nitrogen and oxygen atoms in total. The van der Waals surface area contributed by atoms with Crippen LogP contribution in [0.5, 0.6) is 17.2 Å². The number of ether oxygens (including phenoxy) is 3. The van der Waals surface area contributed by atoms with Crippen LogP contribution in [-0.2, 0) is 6.61 Å². The summed E-state index contributed by atoms with van der Waals surface area (Å²) in [5.74, 6) is 2.26. The van der Waals surface area contributed by atoms with Gasteiger partial charge < -0.3 is 18.6 Å². The molecule has 1 heterocycles. The second kappa shape index (κ2) is 15.4. The Bertz CT molecular complexity index is 1550. The van der Waals surface area contributed by atoms with Crippen molar-refractivity contribution in [3.8, 4) is 40.2 Å². The maximum atomic E-state index is 12.7. The number of carbonyl (C=O) groups is 1. The van der Waals surface area contributed by atoms with Gasteiger partial charge in [-0.25, -0.2) is 4.79 Å². The normalized spacial score (nSPS) is 10.8. The van der Waals surface area contributed by atoms with Crippen LogP contribution in [0.3, 0.4) is 0 Å². The van der Waals surface area contributed by atoms with Gasteiger partial charge in [-0.3, -0.25) is 0 Å². The molecule has 0 aliphatic heterocycles. The topological polar surface area (TPSA) is 83.7 Å². The Balaban J connectivity index is 1.09. The zero-order chi connectivity index (χ0) is 29.7. The molecule has 0 aliphatic carbocycles. The van der Waals surface area contributed by atoms with Gasteiger partial charge in [0.15, 0.2) is 0 Å². The summed E-state index contributed by atoms with van der Waals surface area (Å²) in [6.07, 6.45) is 7.30. The lowest BCUT2D eigenvalue weighted by Crippen LogP contribution is -2.08. The number of benzene rings is 4. The lowest BCUT2D eigenvalue weighted by Gasteiger charge is -2.08. The van der Waals surface area contributed by atoms with Gasteiger partial charge in [-0.15, -0.1) is 10.2 Å². The molecule has 5 rings (SSSR count). The van der Waals surface area contributed by atoms with Crippen molar-refractivity contribution in [1.82, 2.24) is 10.2 Å². The van der Waals surface area contributed by atoms with Crippen molar-refractivity contribution >= 4 is 5.97 Å². The lowest BCUT2D eigenvalue weighted by atomic mass is 10.1. The molecule has 0 unspecified atom stereocenters. The number of rotatable bonds is 15. The number of hydrogen-bond donors (Lipinski definition) is 0. The zero-order valence-corrected chi connectivity index (χ0v) is 24.4. The summed E-state index contributed by atoms with van der Waals surface area (Å²) in [7, 11) is 0. The summed E-state index contributed by atoms with van der Waals surface area (Å²) in [5, 5.41) is 8.37. The summed E-state index contributed by atoms with van der Waals surface area (Å²) < 4.78 is 23.1. The van der Waals surface area contributed by atoms with E-state index in [0.717, 1.165) is 29.0 Å². The van der Waals surface area contributed by atoms with E-state index >= 15 is 0 Å². The first-order chi connectivity index (χ1) is 21.2. The van der Waals surface area contributed by atoms with E-state index < -0.39 is 5.97 Å². The fourth-order valence-corrected chi connectivity index (χ4v) is 4.48. The summed E-state index contributed by atoms with van der Waals surface area (Å²) in [6, 6.07) is 31.5. The first-order valence-electron chi connectivity index (χ1n) is 14.8. The van der Waals surface area contributed by atoms with Crippen molar-refractivity contribution in [3.63, 3.8) is 0 Å². The predicted octanol–water partition coefficient (Wildman–Crippen LogP) is 8.94. The number of hydrogen-bond acceptors (Lipinski definition) is 7. The first-order valence-corrected chi connectivity index (χ1v) is 14.8. The van der Waals surface area contributed by atoms with E-state index in [-0.39, 0.29) is 0 Å². The molecule has 0 saturated heterocycles. The molecule has 43 heavy (non-hydrogen) atoms. The second-order valence-corrected chi connectivity index (χ2v) is 10.3. The zero-order valence-electron chi connectivity index (χ0n) is 24.4. The molecule has 7 heteroatoms. The molecule has 0 bridgehead atoms. The van der Waals surface area contributed by atoms with E-state index in [4.69, 9.17) is 18.6 Å². The van der Waals surface area contributed by atoms with E-state index in [1.807, 2.05) is 54.6 Å². The van der Waals surface area contributed by atoms with Crippen molar-refractivity contribution in [3.05, 3.63) is 114 Å². The Morgan fingerprint density at radius 1 is 0.628 bits per heavy atom. The molecule has 0 radical (unpaired) electrons. The van der Waals surface area contributed by atoms with E-state index in [1.54, 1.807) is 48.5 Å². The van der Waals surface area contributed by atoms with Gasteiger partial charge in [0.25, 0.3) is 0 Å². The van der Waals surface area contributed by atoms with E-state index in [9.17, 15) is 4.79 Å². The minimum Gasteiger partial charge on any atom is -0.494 e.